The largest absolute Gasteiger partial charge is 0.392 e. The highest BCUT2D eigenvalue weighted by atomic mass is 14.9. The van der Waals surface area contributed by atoms with Crippen molar-refractivity contribution in [2.24, 2.45) is 10.9 Å². The molecule has 0 saturated carbocycles. The van der Waals surface area contributed by atoms with Crippen LogP contribution in [0.3, 0.4) is 0 Å². The Labute approximate surface area is 143 Å². The van der Waals surface area contributed by atoms with Gasteiger partial charge in [-0.1, -0.05) is 62.6 Å². The van der Waals surface area contributed by atoms with E-state index in [2.05, 4.69) is 51.6 Å². The molecule has 0 aliphatic rings. The molecule has 0 saturated heterocycles. The second kappa shape index (κ2) is 11.7. The van der Waals surface area contributed by atoms with Crippen molar-refractivity contribution in [1.29, 1.82) is 0 Å². The fourth-order valence-electron chi connectivity index (χ4n) is 2.44. The summed E-state index contributed by atoms with van der Waals surface area (Å²) in [6.45, 7) is 22.5. The molecule has 0 aliphatic heterocycles. The van der Waals surface area contributed by atoms with Crippen molar-refractivity contribution in [3.8, 4) is 0 Å². The van der Waals surface area contributed by atoms with Gasteiger partial charge in [-0.05, 0) is 33.1 Å². The van der Waals surface area contributed by atoms with Crippen molar-refractivity contribution in [2.45, 2.75) is 52.5 Å². The zero-order chi connectivity index (χ0) is 17.8. The maximum absolute atomic E-state index is 4.94. The van der Waals surface area contributed by atoms with Gasteiger partial charge in [-0.25, -0.2) is 0 Å². The average Bonchev–Trinajstić information content (AvgIpc) is 2.54. The monoisotopic (exact) mass is 314 g/mol. The molecule has 23 heavy (non-hydrogen) atoms. The van der Waals surface area contributed by atoms with E-state index < -0.39 is 0 Å². The van der Waals surface area contributed by atoms with Gasteiger partial charge in [0.05, 0.1) is 6.04 Å². The molecule has 0 spiro atoms. The van der Waals surface area contributed by atoms with Crippen LogP contribution < -0.4 is 5.32 Å². The minimum absolute atomic E-state index is 0.138. The third-order valence-corrected chi connectivity index (χ3v) is 4.09. The zero-order valence-corrected chi connectivity index (χ0v) is 15.5. The quantitative estimate of drug-likeness (QED) is 0.367. The first-order valence-corrected chi connectivity index (χ1v) is 8.40. The van der Waals surface area contributed by atoms with E-state index in [9.17, 15) is 0 Å². The summed E-state index contributed by atoms with van der Waals surface area (Å²) in [6.07, 6.45) is 9.62. The van der Waals surface area contributed by atoms with Crippen LogP contribution in [0.2, 0.25) is 0 Å². The highest BCUT2D eigenvalue weighted by Crippen LogP contribution is 2.28. The molecule has 0 bridgehead atoms. The number of nitrogens with one attached hydrogen (secondary N) is 1. The predicted molar refractivity (Wildman–Crippen MR) is 106 cm³/mol. The number of hydrogen-bond donors (Lipinski definition) is 1. The van der Waals surface area contributed by atoms with Gasteiger partial charge in [-0.2, -0.15) is 0 Å². The van der Waals surface area contributed by atoms with Crippen LogP contribution in [0.1, 0.15) is 46.5 Å². The molecular formula is C21H34N2. The second-order valence-corrected chi connectivity index (χ2v) is 5.93. The molecular weight excluding hydrogens is 280 g/mol. The highest BCUT2D eigenvalue weighted by molar-refractivity contribution is 5.81. The topological polar surface area (TPSA) is 24.4 Å². The molecule has 2 atom stereocenters. The Morgan fingerprint density at radius 2 is 1.91 bits per heavy atom. The van der Waals surface area contributed by atoms with Crippen molar-refractivity contribution >= 4 is 5.71 Å². The van der Waals surface area contributed by atoms with Gasteiger partial charge in [0, 0.05) is 30.8 Å². The molecule has 2 nitrogen and oxygen atoms in total. The molecule has 0 aromatic rings. The van der Waals surface area contributed by atoms with Crippen molar-refractivity contribution in [3.63, 3.8) is 0 Å². The summed E-state index contributed by atoms with van der Waals surface area (Å²) in [4.78, 5) is 4.94. The van der Waals surface area contributed by atoms with Crippen molar-refractivity contribution in [1.82, 2.24) is 5.32 Å². The van der Waals surface area contributed by atoms with Crippen LogP contribution in [0.15, 0.2) is 66.4 Å². The molecule has 2 unspecified atom stereocenters. The lowest BCUT2D eigenvalue weighted by Crippen LogP contribution is -2.24. The number of allylic oxidation sites excluding steroid dienone is 4. The van der Waals surface area contributed by atoms with E-state index in [0.717, 1.165) is 48.2 Å². The van der Waals surface area contributed by atoms with Gasteiger partial charge in [0.1, 0.15) is 0 Å². The smallest absolute Gasteiger partial charge is 0.0621 e. The van der Waals surface area contributed by atoms with Crippen LogP contribution in [0, 0.1) is 5.92 Å². The van der Waals surface area contributed by atoms with E-state index in [-0.39, 0.29) is 12.0 Å². The van der Waals surface area contributed by atoms with Crippen LogP contribution >= 0.6 is 0 Å². The van der Waals surface area contributed by atoms with Crippen molar-refractivity contribution in [2.75, 3.05) is 7.05 Å². The Bertz CT molecular complexity index is 480. The molecule has 0 rings (SSSR count). The predicted octanol–water partition coefficient (Wildman–Crippen LogP) is 5.62. The summed E-state index contributed by atoms with van der Waals surface area (Å²) >= 11 is 0. The minimum Gasteiger partial charge on any atom is -0.392 e. The van der Waals surface area contributed by atoms with Crippen LogP contribution in [0.25, 0.3) is 0 Å². The number of rotatable bonds is 12. The number of aliphatic imine (C=N–C) groups is 1. The van der Waals surface area contributed by atoms with Gasteiger partial charge in [0.25, 0.3) is 0 Å². The highest BCUT2D eigenvalue weighted by Gasteiger charge is 2.23. The molecule has 0 amide bonds. The van der Waals surface area contributed by atoms with E-state index in [0.29, 0.717) is 0 Å². The fraction of sp³-hybridized carbons (Fsp3) is 0.476. The van der Waals surface area contributed by atoms with Crippen LogP contribution in [0.5, 0.6) is 0 Å². The first-order valence-electron chi connectivity index (χ1n) is 8.40. The van der Waals surface area contributed by atoms with E-state index in [1.54, 1.807) is 0 Å². The summed E-state index contributed by atoms with van der Waals surface area (Å²) < 4.78 is 0. The summed E-state index contributed by atoms with van der Waals surface area (Å²) in [5.41, 5.74) is 4.33. The molecule has 128 valence electrons. The van der Waals surface area contributed by atoms with Gasteiger partial charge < -0.3 is 5.32 Å². The zero-order valence-electron chi connectivity index (χ0n) is 15.5. The molecule has 0 radical (unpaired) electrons. The van der Waals surface area contributed by atoms with Gasteiger partial charge >= 0.3 is 0 Å². The maximum atomic E-state index is 4.94. The number of nitrogens with zero attached hydrogens (tertiary/aromatic N) is 1. The fourth-order valence-corrected chi connectivity index (χ4v) is 2.44. The van der Waals surface area contributed by atoms with Crippen LogP contribution in [-0.4, -0.2) is 18.8 Å². The Kier molecular flexibility index (Phi) is 10.8. The number of hydrogen-bond acceptors (Lipinski definition) is 2. The SMILES string of the molecule is C=CC(=C)C(CCC(=C)/C=C\C)C(CC(=C)NC)N=C(C)CC. The molecule has 1 N–H and O–H groups in total. The molecule has 0 aromatic heterocycles. The molecule has 0 aromatic carbocycles. The van der Waals surface area contributed by atoms with Crippen molar-refractivity contribution < 1.29 is 0 Å². The third-order valence-electron chi connectivity index (χ3n) is 4.09. The third kappa shape index (κ3) is 8.39. The van der Waals surface area contributed by atoms with E-state index >= 15 is 0 Å². The second-order valence-electron chi connectivity index (χ2n) is 5.93. The molecule has 2 heteroatoms. The van der Waals surface area contributed by atoms with Crippen LogP contribution in [0.4, 0.5) is 0 Å². The Hall–Kier alpha value is -1.83. The maximum Gasteiger partial charge on any atom is 0.0621 e. The summed E-state index contributed by atoms with van der Waals surface area (Å²) in [6, 6.07) is 0.138. The Morgan fingerprint density at radius 3 is 2.39 bits per heavy atom. The van der Waals surface area contributed by atoms with Gasteiger partial charge in [0.2, 0.25) is 0 Å². The molecule has 0 fully saturated rings. The van der Waals surface area contributed by atoms with E-state index in [1.165, 1.54) is 0 Å². The molecule has 0 aliphatic carbocycles. The van der Waals surface area contributed by atoms with Crippen molar-refractivity contribution in [3.05, 3.63) is 61.4 Å². The van der Waals surface area contributed by atoms with Gasteiger partial charge in [-0.3, -0.25) is 4.99 Å². The van der Waals surface area contributed by atoms with Gasteiger partial charge in [0.15, 0.2) is 0 Å². The first-order chi connectivity index (χ1) is 10.9. The average molecular weight is 315 g/mol. The standard InChI is InChI=1S/C21H34N2/c1-9-12-16(4)13-14-20(17(5)10-2)21(15-19(7)22-8)23-18(6)11-3/h9-10,12,20-22H,2,4-5,7,11,13-15H2,1,3,6,8H3/b12-9-,23-18?. The normalized spacial score (nSPS) is 14.3. The minimum atomic E-state index is 0.138. The summed E-state index contributed by atoms with van der Waals surface area (Å²) in [5.74, 6) is 0.251. The Balaban J connectivity index is 5.36. The van der Waals surface area contributed by atoms with Crippen LogP contribution in [-0.2, 0) is 0 Å². The lowest BCUT2D eigenvalue weighted by molar-refractivity contribution is 0.450. The first kappa shape index (κ1) is 21.2. The lowest BCUT2D eigenvalue weighted by Gasteiger charge is -2.26. The van der Waals surface area contributed by atoms with Gasteiger partial charge in [-0.15, -0.1) is 0 Å². The van der Waals surface area contributed by atoms with E-state index in [1.807, 2.05) is 26.1 Å². The van der Waals surface area contributed by atoms with E-state index in [4.69, 9.17) is 4.99 Å². The lowest BCUT2D eigenvalue weighted by atomic mass is 9.84. The summed E-state index contributed by atoms with van der Waals surface area (Å²) in [5, 5.41) is 3.14. The Morgan fingerprint density at radius 1 is 1.26 bits per heavy atom. The molecule has 0 heterocycles. The summed E-state index contributed by atoms with van der Waals surface area (Å²) in [7, 11) is 1.90.